The van der Waals surface area contributed by atoms with Gasteiger partial charge >= 0.3 is 0 Å². The largest absolute Gasteiger partial charge is 0.352 e. The Hall–Kier alpha value is -3.92. The predicted octanol–water partition coefficient (Wildman–Crippen LogP) is 7.73. The molecule has 1 N–H and O–H groups in total. The van der Waals surface area contributed by atoms with Gasteiger partial charge in [-0.05, 0) is 73.4 Å². The second kappa shape index (κ2) is 16.0. The number of anilines is 1. The Morgan fingerprint density at radius 3 is 2.21 bits per heavy atom. The van der Waals surface area contributed by atoms with Crippen molar-refractivity contribution >= 4 is 50.7 Å². The van der Waals surface area contributed by atoms with Crippen LogP contribution in [0.4, 0.5) is 10.1 Å². The Morgan fingerprint density at radius 1 is 0.875 bits per heavy atom. The fraction of sp³-hybridized carbons (Fsp3) is 0.297. The van der Waals surface area contributed by atoms with E-state index in [-0.39, 0.29) is 45.5 Å². The molecule has 1 saturated carbocycles. The normalized spacial score (nSPS) is 14.2. The number of sulfonamides is 1. The summed E-state index contributed by atoms with van der Waals surface area (Å²) in [7, 11) is -4.35. The maximum Gasteiger partial charge on any atom is 0.264 e. The highest BCUT2D eigenvalue weighted by molar-refractivity contribution is 7.92. The van der Waals surface area contributed by atoms with Crippen molar-refractivity contribution in [2.45, 2.75) is 69.0 Å². The summed E-state index contributed by atoms with van der Waals surface area (Å²) in [6, 6.07) is 24.6. The van der Waals surface area contributed by atoms with E-state index in [2.05, 4.69) is 5.32 Å². The number of aryl methyl sites for hydroxylation is 1. The summed E-state index contributed by atoms with van der Waals surface area (Å²) >= 11 is 12.9. The minimum absolute atomic E-state index is 0.0195. The van der Waals surface area contributed by atoms with Gasteiger partial charge in [-0.1, -0.05) is 103 Å². The Balaban J connectivity index is 1.58. The van der Waals surface area contributed by atoms with E-state index < -0.39 is 34.3 Å². The summed E-state index contributed by atoms with van der Waals surface area (Å²) in [4.78, 5) is 30.2. The van der Waals surface area contributed by atoms with E-state index in [0.717, 1.165) is 47.5 Å². The van der Waals surface area contributed by atoms with Crippen LogP contribution in [0, 0.1) is 12.7 Å². The van der Waals surface area contributed by atoms with E-state index >= 15 is 0 Å². The topological polar surface area (TPSA) is 86.8 Å². The van der Waals surface area contributed by atoms with Crippen molar-refractivity contribution < 1.29 is 22.4 Å². The molecule has 0 saturated heterocycles. The summed E-state index contributed by atoms with van der Waals surface area (Å²) in [5.74, 6) is -1.43. The van der Waals surface area contributed by atoms with Crippen LogP contribution in [0.25, 0.3) is 0 Å². The summed E-state index contributed by atoms with van der Waals surface area (Å²) < 4.78 is 43.4. The van der Waals surface area contributed by atoms with E-state index in [9.17, 15) is 22.4 Å². The molecule has 4 aromatic rings. The summed E-state index contributed by atoms with van der Waals surface area (Å²) in [6.45, 7) is 1.08. The molecular formula is C37H38Cl2FN3O4S. The van der Waals surface area contributed by atoms with Gasteiger partial charge in [0.05, 0.1) is 15.6 Å². The fourth-order valence-electron chi connectivity index (χ4n) is 5.91. The molecule has 5 rings (SSSR count). The molecule has 2 amide bonds. The minimum atomic E-state index is -4.35. The molecule has 0 spiro atoms. The molecule has 1 aliphatic rings. The Labute approximate surface area is 291 Å². The third kappa shape index (κ3) is 8.95. The van der Waals surface area contributed by atoms with E-state index in [1.54, 1.807) is 24.3 Å². The molecule has 0 bridgehead atoms. The van der Waals surface area contributed by atoms with Gasteiger partial charge in [0, 0.05) is 24.0 Å². The zero-order chi connectivity index (χ0) is 34.3. The highest BCUT2D eigenvalue weighted by Crippen LogP contribution is 2.33. The molecule has 0 aliphatic heterocycles. The van der Waals surface area contributed by atoms with Crippen molar-refractivity contribution in [2.24, 2.45) is 0 Å². The quantitative estimate of drug-likeness (QED) is 0.163. The molecule has 252 valence electrons. The van der Waals surface area contributed by atoms with Crippen molar-refractivity contribution in [2.75, 3.05) is 10.8 Å². The second-order valence-electron chi connectivity index (χ2n) is 12.1. The number of amides is 2. The Bertz CT molecular complexity index is 1820. The number of halogens is 3. The molecule has 1 fully saturated rings. The standard InChI is InChI=1S/C37H38Cl2FN3O4S/c1-26-12-19-32(20-13-26)48(46,47)43(34-23-29(38)16-21-33(34)39)25-36(44)42(24-28-14-17-30(40)18-15-28)35(22-27-8-4-2-5-9-27)37(45)41-31-10-6-3-7-11-31/h2,4-5,8-9,12-21,23,31,35H,3,6-7,10-11,22,24-25H2,1H3,(H,41,45)/t35-/m1/s1. The first-order valence-corrected chi connectivity index (χ1v) is 18.1. The predicted molar refractivity (Wildman–Crippen MR) is 188 cm³/mol. The average molecular weight is 711 g/mol. The lowest BCUT2D eigenvalue weighted by Crippen LogP contribution is -2.55. The van der Waals surface area contributed by atoms with Crippen LogP contribution in [0.15, 0.2) is 102 Å². The third-order valence-corrected chi connectivity index (χ3v) is 10.9. The van der Waals surface area contributed by atoms with E-state index in [1.165, 1.54) is 47.4 Å². The third-order valence-electron chi connectivity index (χ3n) is 8.55. The Morgan fingerprint density at radius 2 is 1.54 bits per heavy atom. The molecular weight excluding hydrogens is 672 g/mol. The second-order valence-corrected chi connectivity index (χ2v) is 14.8. The number of nitrogens with zero attached hydrogens (tertiary/aromatic N) is 2. The van der Waals surface area contributed by atoms with E-state index in [4.69, 9.17) is 23.2 Å². The van der Waals surface area contributed by atoms with Crippen molar-refractivity contribution in [3.8, 4) is 0 Å². The lowest BCUT2D eigenvalue weighted by atomic mass is 9.94. The molecule has 0 unspecified atom stereocenters. The van der Waals surface area contributed by atoms with Crippen LogP contribution in [0.2, 0.25) is 10.0 Å². The van der Waals surface area contributed by atoms with Crippen LogP contribution in [0.5, 0.6) is 0 Å². The molecule has 0 aromatic heterocycles. The highest BCUT2D eigenvalue weighted by Gasteiger charge is 2.36. The molecule has 48 heavy (non-hydrogen) atoms. The summed E-state index contributed by atoms with van der Waals surface area (Å²) in [6.07, 6.45) is 4.95. The number of rotatable bonds is 12. The van der Waals surface area contributed by atoms with Crippen LogP contribution in [-0.2, 0) is 32.6 Å². The van der Waals surface area contributed by atoms with Gasteiger partial charge in [-0.25, -0.2) is 12.8 Å². The maximum absolute atomic E-state index is 14.6. The molecule has 11 heteroatoms. The number of carbonyl (C=O) groups excluding carboxylic acids is 2. The number of nitrogens with one attached hydrogen (secondary N) is 1. The monoisotopic (exact) mass is 709 g/mol. The highest BCUT2D eigenvalue weighted by atomic mass is 35.5. The van der Waals surface area contributed by atoms with Gasteiger partial charge in [0.25, 0.3) is 10.0 Å². The molecule has 7 nitrogen and oxygen atoms in total. The Kier molecular flexibility index (Phi) is 11.8. The van der Waals surface area contributed by atoms with Crippen molar-refractivity contribution in [1.82, 2.24) is 10.2 Å². The van der Waals surface area contributed by atoms with Gasteiger partial charge < -0.3 is 10.2 Å². The van der Waals surface area contributed by atoms with Gasteiger partial charge in [-0.2, -0.15) is 0 Å². The van der Waals surface area contributed by atoms with Gasteiger partial charge in [-0.3, -0.25) is 13.9 Å². The number of benzene rings is 4. The minimum Gasteiger partial charge on any atom is -0.352 e. The zero-order valence-electron chi connectivity index (χ0n) is 26.6. The van der Waals surface area contributed by atoms with Crippen LogP contribution in [0.3, 0.4) is 0 Å². The molecule has 0 radical (unpaired) electrons. The van der Waals surface area contributed by atoms with Gasteiger partial charge in [0.2, 0.25) is 11.8 Å². The van der Waals surface area contributed by atoms with Crippen LogP contribution in [0.1, 0.15) is 48.8 Å². The van der Waals surface area contributed by atoms with E-state index in [1.807, 2.05) is 37.3 Å². The summed E-state index contributed by atoms with van der Waals surface area (Å²) in [5, 5.41) is 3.47. The van der Waals surface area contributed by atoms with Gasteiger partial charge in [0.15, 0.2) is 0 Å². The van der Waals surface area contributed by atoms with Crippen LogP contribution < -0.4 is 9.62 Å². The molecule has 1 aliphatic carbocycles. The van der Waals surface area contributed by atoms with Crippen LogP contribution in [-0.4, -0.2) is 43.8 Å². The molecule has 4 aromatic carbocycles. The SMILES string of the molecule is Cc1ccc(S(=O)(=O)N(CC(=O)N(Cc2ccc(F)cc2)[C@H](Cc2ccccc2)C(=O)NC2CCCCC2)c2cc(Cl)ccc2Cl)cc1. The lowest BCUT2D eigenvalue weighted by molar-refractivity contribution is -0.140. The number of hydrogen-bond acceptors (Lipinski definition) is 4. The first kappa shape index (κ1) is 35.4. The number of hydrogen-bond donors (Lipinski definition) is 1. The van der Waals surface area contributed by atoms with Gasteiger partial charge in [-0.15, -0.1) is 0 Å². The average Bonchev–Trinajstić information content (AvgIpc) is 3.08. The first-order valence-electron chi connectivity index (χ1n) is 15.9. The fourth-order valence-corrected chi connectivity index (χ4v) is 7.77. The van der Waals surface area contributed by atoms with E-state index in [0.29, 0.717) is 5.56 Å². The van der Waals surface area contributed by atoms with Crippen LogP contribution >= 0.6 is 23.2 Å². The lowest BCUT2D eigenvalue weighted by Gasteiger charge is -2.35. The van der Waals surface area contributed by atoms with Crippen molar-refractivity contribution in [3.05, 3.63) is 130 Å². The first-order chi connectivity index (χ1) is 23.0. The maximum atomic E-state index is 14.6. The van der Waals surface area contributed by atoms with Gasteiger partial charge in [0.1, 0.15) is 18.4 Å². The zero-order valence-corrected chi connectivity index (χ0v) is 28.9. The van der Waals surface area contributed by atoms with Crippen molar-refractivity contribution in [1.29, 1.82) is 0 Å². The number of carbonyl (C=O) groups is 2. The summed E-state index contributed by atoms with van der Waals surface area (Å²) in [5.41, 5.74) is 2.27. The van der Waals surface area contributed by atoms with Crippen molar-refractivity contribution in [3.63, 3.8) is 0 Å². The molecule has 0 heterocycles. The smallest absolute Gasteiger partial charge is 0.264 e. The molecule has 1 atom stereocenters.